The van der Waals surface area contributed by atoms with E-state index in [0.717, 1.165) is 24.2 Å². The maximum Gasteiger partial charge on any atom is 0.257 e. The van der Waals surface area contributed by atoms with E-state index < -0.39 is 11.7 Å². The van der Waals surface area contributed by atoms with E-state index in [4.69, 9.17) is 0 Å². The second-order valence-corrected chi connectivity index (χ2v) is 8.89. The van der Waals surface area contributed by atoms with E-state index >= 15 is 0 Å². The van der Waals surface area contributed by atoms with Gasteiger partial charge in [-0.05, 0) is 44.2 Å². The molecule has 1 aliphatic heterocycles. The number of nitrogens with zero attached hydrogens (tertiary/aromatic N) is 5. The topological polar surface area (TPSA) is 98.9 Å². The average molecular weight is 458 g/mol. The second-order valence-electron chi connectivity index (χ2n) is 8.89. The number of nitriles is 1. The highest BCUT2D eigenvalue weighted by Gasteiger charge is 2.24. The van der Waals surface area contributed by atoms with Crippen LogP contribution in [0.3, 0.4) is 0 Å². The fourth-order valence-corrected chi connectivity index (χ4v) is 4.73. The minimum atomic E-state index is -0.507. The molecule has 0 saturated carbocycles. The van der Waals surface area contributed by atoms with Crippen molar-refractivity contribution in [3.05, 3.63) is 59.7 Å². The van der Waals surface area contributed by atoms with Crippen LogP contribution in [-0.2, 0) is 7.05 Å². The molecule has 8 nitrogen and oxygen atoms in total. The highest BCUT2D eigenvalue weighted by atomic mass is 19.1. The minimum Gasteiger partial charge on any atom is -0.368 e. The molecule has 0 radical (unpaired) electrons. The number of aryl methyl sites for hydroxylation is 1. The van der Waals surface area contributed by atoms with Crippen molar-refractivity contribution in [1.29, 1.82) is 5.26 Å². The molecule has 4 aromatic rings. The molecule has 172 valence electrons. The van der Waals surface area contributed by atoms with Crippen LogP contribution in [0.2, 0.25) is 0 Å². The van der Waals surface area contributed by atoms with Gasteiger partial charge in [-0.25, -0.2) is 4.39 Å². The summed E-state index contributed by atoms with van der Waals surface area (Å²) in [6.07, 6.45) is 3.16. The van der Waals surface area contributed by atoms with Crippen molar-refractivity contribution in [1.82, 2.24) is 20.1 Å². The van der Waals surface area contributed by atoms with Gasteiger partial charge in [-0.2, -0.15) is 10.4 Å². The Balaban J connectivity index is 1.55. The van der Waals surface area contributed by atoms with E-state index in [9.17, 15) is 14.4 Å². The summed E-state index contributed by atoms with van der Waals surface area (Å²) in [5.74, 6) is -0.911. The largest absolute Gasteiger partial charge is 0.368 e. The molecule has 0 bridgehead atoms. The number of fused-ring (bicyclic) bond motifs is 2. The zero-order valence-corrected chi connectivity index (χ0v) is 19.1. The third kappa shape index (κ3) is 3.93. The molecule has 2 unspecified atom stereocenters. The summed E-state index contributed by atoms with van der Waals surface area (Å²) >= 11 is 0. The number of aromatic nitrogens is 3. The van der Waals surface area contributed by atoms with Crippen molar-refractivity contribution in [3.8, 4) is 6.07 Å². The van der Waals surface area contributed by atoms with Crippen LogP contribution >= 0.6 is 0 Å². The first kappa shape index (κ1) is 21.8. The van der Waals surface area contributed by atoms with Crippen LogP contribution in [0.25, 0.3) is 21.8 Å². The van der Waals surface area contributed by atoms with Gasteiger partial charge in [0.15, 0.2) is 5.82 Å². The number of nitrogens with one attached hydrogen (secondary N) is 2. The summed E-state index contributed by atoms with van der Waals surface area (Å²) in [4.78, 5) is 20.0. The fraction of sp³-hybridized carbons (Fsp3) is 0.280. The smallest absolute Gasteiger partial charge is 0.257 e. The Bertz CT molecular complexity index is 1460. The zero-order valence-electron chi connectivity index (χ0n) is 19.1. The van der Waals surface area contributed by atoms with Crippen molar-refractivity contribution >= 4 is 39.1 Å². The quantitative estimate of drug-likeness (QED) is 0.488. The predicted molar refractivity (Wildman–Crippen MR) is 129 cm³/mol. The van der Waals surface area contributed by atoms with Gasteiger partial charge in [0.2, 0.25) is 0 Å². The first-order valence-corrected chi connectivity index (χ1v) is 11.1. The van der Waals surface area contributed by atoms with Crippen molar-refractivity contribution in [3.63, 3.8) is 0 Å². The van der Waals surface area contributed by atoms with Crippen LogP contribution in [0.15, 0.2) is 42.7 Å². The second kappa shape index (κ2) is 8.39. The molecular weight excluding hydrogens is 433 g/mol. The molecule has 2 aromatic heterocycles. The van der Waals surface area contributed by atoms with Crippen molar-refractivity contribution in [2.75, 3.05) is 23.3 Å². The Morgan fingerprint density at radius 3 is 2.71 bits per heavy atom. The SMILES string of the molecule is CC1CN(c2ccc(C(=O)Nc3cc(F)c4nn(C)cc4c3)c3ncc(C#N)cc23)CC(C)N1. The van der Waals surface area contributed by atoms with Gasteiger partial charge in [0.25, 0.3) is 5.91 Å². The van der Waals surface area contributed by atoms with Crippen LogP contribution in [0.1, 0.15) is 29.8 Å². The van der Waals surface area contributed by atoms with Gasteiger partial charge in [-0.15, -0.1) is 0 Å². The van der Waals surface area contributed by atoms with E-state index in [2.05, 4.69) is 45.5 Å². The molecule has 1 saturated heterocycles. The third-order valence-corrected chi connectivity index (χ3v) is 6.03. The third-order valence-electron chi connectivity index (χ3n) is 6.03. The predicted octanol–water partition coefficient (Wildman–Crippen LogP) is 3.57. The van der Waals surface area contributed by atoms with Crippen LogP contribution < -0.4 is 15.5 Å². The Labute approximate surface area is 196 Å². The molecule has 2 N–H and O–H groups in total. The molecule has 0 aliphatic carbocycles. The van der Waals surface area contributed by atoms with E-state index in [1.54, 1.807) is 31.4 Å². The van der Waals surface area contributed by atoms with E-state index in [-0.39, 0.29) is 5.52 Å². The van der Waals surface area contributed by atoms with Gasteiger partial charge in [0.1, 0.15) is 11.6 Å². The Morgan fingerprint density at radius 2 is 1.97 bits per heavy atom. The van der Waals surface area contributed by atoms with Crippen molar-refractivity contribution in [2.45, 2.75) is 25.9 Å². The first-order valence-electron chi connectivity index (χ1n) is 11.1. The molecule has 9 heteroatoms. The molecule has 0 spiro atoms. The molecule has 2 atom stereocenters. The molecule has 34 heavy (non-hydrogen) atoms. The number of halogens is 1. The molecule has 5 rings (SSSR count). The van der Waals surface area contributed by atoms with Gasteiger partial charge in [-0.1, -0.05) is 0 Å². The molecule has 1 amide bonds. The molecule has 3 heterocycles. The number of anilines is 2. The Morgan fingerprint density at radius 1 is 1.21 bits per heavy atom. The highest BCUT2D eigenvalue weighted by molar-refractivity contribution is 6.14. The summed E-state index contributed by atoms with van der Waals surface area (Å²) < 4.78 is 16.0. The summed E-state index contributed by atoms with van der Waals surface area (Å²) in [6.45, 7) is 5.85. The van der Waals surface area contributed by atoms with Crippen LogP contribution in [-0.4, -0.2) is 45.8 Å². The monoisotopic (exact) mass is 457 g/mol. The zero-order chi connectivity index (χ0) is 24.0. The number of benzene rings is 2. The van der Waals surface area contributed by atoms with Crippen LogP contribution in [0.4, 0.5) is 15.8 Å². The number of amides is 1. The van der Waals surface area contributed by atoms with E-state index in [0.29, 0.717) is 39.8 Å². The first-order chi connectivity index (χ1) is 16.3. The van der Waals surface area contributed by atoms with Crippen LogP contribution in [0.5, 0.6) is 0 Å². The lowest BCUT2D eigenvalue weighted by Gasteiger charge is -2.38. The fourth-order valence-electron chi connectivity index (χ4n) is 4.73. The number of carbonyl (C=O) groups is 1. The minimum absolute atomic E-state index is 0.250. The average Bonchev–Trinajstić information content (AvgIpc) is 3.18. The molecule has 1 fully saturated rings. The molecular formula is C25H24FN7O. The Kier molecular flexibility index (Phi) is 5.38. The van der Waals surface area contributed by atoms with Gasteiger partial charge in [-0.3, -0.25) is 14.5 Å². The summed E-state index contributed by atoms with van der Waals surface area (Å²) in [5, 5.41) is 21.2. The highest BCUT2D eigenvalue weighted by Crippen LogP contribution is 2.31. The summed E-state index contributed by atoms with van der Waals surface area (Å²) in [7, 11) is 1.71. The Hall–Kier alpha value is -4.03. The molecule has 2 aromatic carbocycles. The number of hydrogen-bond acceptors (Lipinski definition) is 6. The lowest BCUT2D eigenvalue weighted by molar-refractivity contribution is 0.102. The van der Waals surface area contributed by atoms with Crippen LogP contribution in [0, 0.1) is 17.1 Å². The lowest BCUT2D eigenvalue weighted by Crippen LogP contribution is -2.54. The number of carbonyl (C=O) groups excluding carboxylic acids is 1. The number of rotatable bonds is 3. The molecule has 1 aliphatic rings. The van der Waals surface area contributed by atoms with Crippen molar-refractivity contribution in [2.24, 2.45) is 7.05 Å². The number of hydrogen-bond donors (Lipinski definition) is 2. The van der Waals surface area contributed by atoms with Gasteiger partial charge in [0, 0.05) is 66.8 Å². The maximum atomic E-state index is 14.5. The van der Waals surface area contributed by atoms with E-state index in [1.165, 1.54) is 16.9 Å². The van der Waals surface area contributed by atoms with Gasteiger partial charge >= 0.3 is 0 Å². The lowest BCUT2D eigenvalue weighted by atomic mass is 10.0. The summed E-state index contributed by atoms with van der Waals surface area (Å²) in [6, 6.07) is 11.1. The maximum absolute atomic E-state index is 14.5. The van der Waals surface area contributed by atoms with Gasteiger partial charge in [0.05, 0.1) is 16.6 Å². The van der Waals surface area contributed by atoms with Gasteiger partial charge < -0.3 is 15.5 Å². The number of pyridine rings is 1. The normalized spacial score (nSPS) is 18.3. The summed E-state index contributed by atoms with van der Waals surface area (Å²) in [5.41, 5.74) is 2.78. The van der Waals surface area contributed by atoms with Crippen molar-refractivity contribution < 1.29 is 9.18 Å². The standard InChI is InChI=1S/C25H24FN7O/c1-14-11-33(12-15(2)29-14)22-5-4-19(24-20(22)6-16(9-27)10-28-24)25(34)30-18-7-17-13-32(3)31-23(17)21(26)8-18/h4-8,10,13-15,29H,11-12H2,1-3H3,(H,30,34). The number of piperazine rings is 1. The van der Waals surface area contributed by atoms with E-state index in [1.807, 2.05) is 6.07 Å².